The van der Waals surface area contributed by atoms with E-state index >= 15 is 0 Å². The summed E-state index contributed by atoms with van der Waals surface area (Å²) in [6.07, 6.45) is 1.40. The number of carbonyl (C=O) groups excluding carboxylic acids is 1. The second-order valence-electron chi connectivity index (χ2n) is 6.43. The van der Waals surface area contributed by atoms with Crippen molar-refractivity contribution in [3.63, 3.8) is 0 Å². The van der Waals surface area contributed by atoms with Crippen molar-refractivity contribution >= 4 is 17.1 Å². The van der Waals surface area contributed by atoms with Crippen molar-refractivity contribution in [1.82, 2.24) is 19.4 Å². The molecule has 0 spiro atoms. The lowest BCUT2D eigenvalue weighted by Gasteiger charge is -2.10. The molecule has 2 aromatic carbocycles. The molecule has 0 fully saturated rings. The Labute approximate surface area is 171 Å². The average Bonchev–Trinajstić information content (AvgIpc) is 3.21. The van der Waals surface area contributed by atoms with Gasteiger partial charge in [-0.3, -0.25) is 9.59 Å². The van der Waals surface area contributed by atoms with Crippen molar-refractivity contribution in [3.8, 4) is 22.8 Å². The lowest BCUT2D eigenvalue weighted by atomic mass is 10.1. The van der Waals surface area contributed by atoms with Gasteiger partial charge in [0.1, 0.15) is 29.9 Å². The van der Waals surface area contributed by atoms with Crippen LogP contribution in [-0.4, -0.2) is 39.5 Å². The van der Waals surface area contributed by atoms with Crippen molar-refractivity contribution in [2.45, 2.75) is 6.54 Å². The van der Waals surface area contributed by atoms with Gasteiger partial charge in [-0.05, 0) is 42.5 Å². The Hall–Kier alpha value is -4.14. The summed E-state index contributed by atoms with van der Waals surface area (Å²) in [7, 11) is 3.11. The van der Waals surface area contributed by atoms with E-state index < -0.39 is 11.5 Å². The van der Waals surface area contributed by atoms with Gasteiger partial charge in [-0.2, -0.15) is 10.2 Å². The molecule has 2 heterocycles. The summed E-state index contributed by atoms with van der Waals surface area (Å²) in [6, 6.07) is 16.0. The fourth-order valence-electron chi connectivity index (χ4n) is 3.03. The lowest BCUT2D eigenvalue weighted by molar-refractivity contribution is -0.117. The van der Waals surface area contributed by atoms with Gasteiger partial charge in [-0.1, -0.05) is 12.1 Å². The first-order chi connectivity index (χ1) is 14.6. The third kappa shape index (κ3) is 3.72. The Bertz CT molecular complexity index is 1260. The monoisotopic (exact) mass is 405 g/mol. The minimum Gasteiger partial charge on any atom is -0.497 e. The number of ether oxygens (including phenoxy) is 2. The number of anilines is 1. The van der Waals surface area contributed by atoms with Crippen LogP contribution in [-0.2, 0) is 11.3 Å². The predicted octanol–water partition coefficient (Wildman–Crippen LogP) is 2.21. The van der Waals surface area contributed by atoms with Crippen molar-refractivity contribution < 1.29 is 14.3 Å². The number of benzene rings is 2. The number of fused-ring (bicyclic) bond motifs is 1. The topological polar surface area (TPSA) is 99.8 Å². The molecule has 0 bridgehead atoms. The third-order valence-corrected chi connectivity index (χ3v) is 4.55. The lowest BCUT2D eigenvalue weighted by Crippen LogP contribution is -2.30. The van der Waals surface area contributed by atoms with E-state index in [0.717, 1.165) is 16.0 Å². The molecule has 1 N–H and O–H groups in total. The number of hydrogen-bond donors (Lipinski definition) is 1. The van der Waals surface area contributed by atoms with E-state index in [2.05, 4.69) is 15.5 Å². The molecule has 9 heteroatoms. The number of nitrogens with one attached hydrogen (secondary N) is 1. The number of para-hydroxylation sites is 2. The molecular formula is C21H19N5O4. The first-order valence-electron chi connectivity index (χ1n) is 9.12. The van der Waals surface area contributed by atoms with Crippen LogP contribution in [0, 0.1) is 0 Å². The number of amides is 1. The molecule has 0 radical (unpaired) electrons. The zero-order chi connectivity index (χ0) is 21.1. The van der Waals surface area contributed by atoms with Gasteiger partial charge < -0.3 is 14.8 Å². The summed E-state index contributed by atoms with van der Waals surface area (Å²) in [6.45, 7) is -0.240. The van der Waals surface area contributed by atoms with Gasteiger partial charge in [-0.25, -0.2) is 9.20 Å². The van der Waals surface area contributed by atoms with Crippen LogP contribution in [0.2, 0.25) is 0 Å². The standard InChI is InChI=1S/C21H19N5O4/c1-29-15-9-7-14(8-10-15)17-11-18-21(28)25(22-13-26(18)24-17)12-20(27)23-16-5-3-4-6-19(16)30-2/h3-11,13H,12H2,1-2H3,(H,23,27). The molecule has 1 amide bonds. The van der Waals surface area contributed by atoms with Gasteiger partial charge in [-0.15, -0.1) is 0 Å². The van der Waals surface area contributed by atoms with Crippen LogP contribution in [0.4, 0.5) is 5.69 Å². The van der Waals surface area contributed by atoms with Crippen LogP contribution in [0.5, 0.6) is 11.5 Å². The van der Waals surface area contributed by atoms with Gasteiger partial charge in [0.2, 0.25) is 5.91 Å². The number of carbonyl (C=O) groups is 1. The van der Waals surface area contributed by atoms with Gasteiger partial charge in [0, 0.05) is 5.56 Å². The molecular weight excluding hydrogens is 386 g/mol. The zero-order valence-corrected chi connectivity index (χ0v) is 16.4. The summed E-state index contributed by atoms with van der Waals surface area (Å²) in [5.41, 5.74) is 1.87. The fourth-order valence-corrected chi connectivity index (χ4v) is 3.03. The van der Waals surface area contributed by atoms with Gasteiger partial charge >= 0.3 is 0 Å². The van der Waals surface area contributed by atoms with Crippen molar-refractivity contribution in [1.29, 1.82) is 0 Å². The highest BCUT2D eigenvalue weighted by atomic mass is 16.5. The normalized spacial score (nSPS) is 10.7. The Balaban J connectivity index is 1.58. The molecule has 0 atom stereocenters. The molecule has 0 aliphatic heterocycles. The molecule has 4 aromatic rings. The molecule has 0 saturated heterocycles. The SMILES string of the molecule is COc1ccc(-c2cc3c(=O)n(CC(=O)Nc4ccccc4OC)ncn3n2)cc1. The van der Waals surface area contributed by atoms with Crippen LogP contribution in [0.3, 0.4) is 0 Å². The smallest absolute Gasteiger partial charge is 0.293 e. The summed E-state index contributed by atoms with van der Waals surface area (Å²) in [5.74, 6) is 0.863. The van der Waals surface area contributed by atoms with Crippen LogP contribution in [0.1, 0.15) is 0 Å². The number of rotatable bonds is 6. The van der Waals surface area contributed by atoms with Crippen molar-refractivity contribution in [2.75, 3.05) is 19.5 Å². The summed E-state index contributed by atoms with van der Waals surface area (Å²) < 4.78 is 12.9. The van der Waals surface area contributed by atoms with E-state index in [0.29, 0.717) is 22.6 Å². The van der Waals surface area contributed by atoms with Crippen LogP contribution >= 0.6 is 0 Å². The second-order valence-corrected chi connectivity index (χ2v) is 6.43. The Morgan fingerprint density at radius 1 is 1.07 bits per heavy atom. The van der Waals surface area contributed by atoms with Crippen LogP contribution in [0.25, 0.3) is 16.8 Å². The average molecular weight is 405 g/mol. The summed E-state index contributed by atoms with van der Waals surface area (Å²) in [5, 5.41) is 11.2. The van der Waals surface area contributed by atoms with E-state index in [-0.39, 0.29) is 6.54 Å². The molecule has 0 aliphatic rings. The van der Waals surface area contributed by atoms with Gasteiger partial charge in [0.25, 0.3) is 5.56 Å². The summed E-state index contributed by atoms with van der Waals surface area (Å²) in [4.78, 5) is 25.2. The largest absolute Gasteiger partial charge is 0.497 e. The molecule has 152 valence electrons. The molecule has 2 aromatic heterocycles. The van der Waals surface area contributed by atoms with Crippen molar-refractivity contribution in [3.05, 3.63) is 71.3 Å². The molecule has 0 aliphatic carbocycles. The minimum absolute atomic E-state index is 0.240. The molecule has 4 rings (SSSR count). The fraction of sp³-hybridized carbons (Fsp3) is 0.143. The number of aromatic nitrogens is 4. The molecule has 30 heavy (non-hydrogen) atoms. The van der Waals surface area contributed by atoms with Crippen LogP contribution < -0.4 is 20.3 Å². The Kier molecular flexibility index (Phi) is 5.17. The van der Waals surface area contributed by atoms with Gasteiger partial charge in [0.15, 0.2) is 0 Å². The van der Waals surface area contributed by atoms with Gasteiger partial charge in [0.05, 0.1) is 25.6 Å². The third-order valence-electron chi connectivity index (χ3n) is 4.55. The van der Waals surface area contributed by atoms with E-state index in [1.165, 1.54) is 18.0 Å². The first kappa shape index (κ1) is 19.2. The Morgan fingerprint density at radius 2 is 1.83 bits per heavy atom. The van der Waals surface area contributed by atoms with E-state index in [1.807, 2.05) is 24.3 Å². The number of methoxy groups -OCH3 is 2. The minimum atomic E-state index is -0.417. The van der Waals surface area contributed by atoms with E-state index in [9.17, 15) is 9.59 Å². The maximum atomic E-state index is 12.8. The summed E-state index contributed by atoms with van der Waals surface area (Å²) >= 11 is 0. The molecule has 9 nitrogen and oxygen atoms in total. The molecule has 0 saturated carbocycles. The number of nitrogens with zero attached hydrogens (tertiary/aromatic N) is 4. The second kappa shape index (κ2) is 8.08. The van der Waals surface area contributed by atoms with E-state index in [4.69, 9.17) is 9.47 Å². The predicted molar refractivity (Wildman–Crippen MR) is 111 cm³/mol. The van der Waals surface area contributed by atoms with E-state index in [1.54, 1.807) is 37.4 Å². The maximum absolute atomic E-state index is 12.8. The van der Waals surface area contributed by atoms with Crippen LogP contribution in [0.15, 0.2) is 65.7 Å². The quantitative estimate of drug-likeness (QED) is 0.528. The Morgan fingerprint density at radius 3 is 2.57 bits per heavy atom. The first-order valence-corrected chi connectivity index (χ1v) is 9.12. The highest BCUT2D eigenvalue weighted by Gasteiger charge is 2.13. The highest BCUT2D eigenvalue weighted by molar-refractivity contribution is 5.92. The van der Waals surface area contributed by atoms with Crippen molar-refractivity contribution in [2.24, 2.45) is 0 Å². The zero-order valence-electron chi connectivity index (χ0n) is 16.4. The highest BCUT2D eigenvalue weighted by Crippen LogP contribution is 2.23. The number of hydrogen-bond acceptors (Lipinski definition) is 6. The molecule has 0 unspecified atom stereocenters. The maximum Gasteiger partial charge on any atom is 0.293 e.